The molecule has 0 aromatic heterocycles. The van der Waals surface area contributed by atoms with Crippen LogP contribution in [0.1, 0.15) is 23.7 Å². The zero-order valence-corrected chi connectivity index (χ0v) is 13.1. The molecule has 6 nitrogen and oxygen atoms in total. The highest BCUT2D eigenvalue weighted by Gasteiger charge is 2.33. The van der Waals surface area contributed by atoms with Crippen molar-refractivity contribution in [3.63, 3.8) is 0 Å². The normalized spacial score (nSPS) is 25.2. The molecule has 2 atom stereocenters. The Bertz CT molecular complexity index is 762. The van der Waals surface area contributed by atoms with Crippen molar-refractivity contribution in [2.75, 3.05) is 5.01 Å². The molecule has 24 heavy (non-hydrogen) atoms. The molecule has 0 saturated carbocycles. The van der Waals surface area contributed by atoms with Crippen molar-refractivity contribution < 1.29 is 19.8 Å². The first kappa shape index (κ1) is 16.0. The summed E-state index contributed by atoms with van der Waals surface area (Å²) in [4.78, 5) is 23.6. The van der Waals surface area contributed by atoms with Gasteiger partial charge in [-0.25, -0.2) is 15.2 Å². The van der Waals surface area contributed by atoms with E-state index in [0.29, 0.717) is 17.7 Å². The minimum absolute atomic E-state index is 0.0680. The number of carbonyl (C=O) groups excluding carboxylic acids is 1. The van der Waals surface area contributed by atoms with E-state index in [9.17, 15) is 14.7 Å². The summed E-state index contributed by atoms with van der Waals surface area (Å²) < 4.78 is 0. The molecule has 0 spiro atoms. The number of hydrazine groups is 1. The van der Waals surface area contributed by atoms with E-state index in [1.807, 2.05) is 19.1 Å². The van der Waals surface area contributed by atoms with Gasteiger partial charge in [-0.3, -0.25) is 4.79 Å². The van der Waals surface area contributed by atoms with Gasteiger partial charge in [0.15, 0.2) is 0 Å². The number of hydrogen-bond acceptors (Lipinski definition) is 4. The van der Waals surface area contributed by atoms with Crippen LogP contribution in [0.25, 0.3) is 0 Å². The molecule has 1 aliphatic heterocycles. The van der Waals surface area contributed by atoms with Crippen LogP contribution in [0.15, 0.2) is 59.9 Å². The molecule has 3 N–H and O–H groups in total. The van der Waals surface area contributed by atoms with Gasteiger partial charge in [0.1, 0.15) is 5.76 Å². The molecular formula is C18H18N2O4. The number of anilines is 1. The van der Waals surface area contributed by atoms with Crippen molar-refractivity contribution in [2.45, 2.75) is 19.4 Å². The van der Waals surface area contributed by atoms with Gasteiger partial charge in [0.05, 0.1) is 17.3 Å². The van der Waals surface area contributed by atoms with Crippen molar-refractivity contribution in [2.24, 2.45) is 5.92 Å². The first-order chi connectivity index (χ1) is 11.5. The maximum atomic E-state index is 12.7. The lowest BCUT2D eigenvalue weighted by Crippen LogP contribution is -2.36. The molecule has 0 radical (unpaired) electrons. The second-order valence-corrected chi connectivity index (χ2v) is 5.85. The van der Waals surface area contributed by atoms with Gasteiger partial charge in [-0.2, -0.15) is 0 Å². The molecule has 1 saturated heterocycles. The molecule has 1 amide bonds. The quantitative estimate of drug-likeness (QED) is 0.743. The number of benzene rings is 1. The fraction of sp³-hybridized carbons (Fsp3) is 0.222. The van der Waals surface area contributed by atoms with Crippen LogP contribution in [0.3, 0.4) is 0 Å². The van der Waals surface area contributed by atoms with E-state index in [2.05, 4.69) is 5.43 Å². The van der Waals surface area contributed by atoms with Crippen LogP contribution in [0.4, 0.5) is 5.69 Å². The number of nitrogens with one attached hydrogen (secondary N) is 1. The first-order valence-corrected chi connectivity index (χ1v) is 7.68. The lowest BCUT2D eigenvalue weighted by Gasteiger charge is -2.16. The van der Waals surface area contributed by atoms with E-state index < -0.39 is 5.97 Å². The Morgan fingerprint density at radius 1 is 1.33 bits per heavy atom. The number of nitrogens with zero attached hydrogens (tertiary/aromatic N) is 1. The topological polar surface area (TPSA) is 89.9 Å². The van der Waals surface area contributed by atoms with Crippen LogP contribution in [0, 0.1) is 5.92 Å². The van der Waals surface area contributed by atoms with Crippen molar-refractivity contribution in [1.29, 1.82) is 0 Å². The standard InChI is InChI=1S/C18H18N2O4/c1-11-16(10-12-2-8-15(21)9-3-12)17(22)20(19-11)14-6-4-13(5-7-14)18(23)24/h2,4-12,19,21H,3H2,1H3,(H,23,24)/b16-10-. The first-order valence-electron chi connectivity index (χ1n) is 7.68. The summed E-state index contributed by atoms with van der Waals surface area (Å²) >= 11 is 0. The monoisotopic (exact) mass is 326 g/mol. The Kier molecular flexibility index (Phi) is 4.22. The zero-order valence-electron chi connectivity index (χ0n) is 13.1. The van der Waals surface area contributed by atoms with Crippen LogP contribution in [0.5, 0.6) is 0 Å². The lowest BCUT2D eigenvalue weighted by molar-refractivity contribution is -0.114. The van der Waals surface area contributed by atoms with Gasteiger partial charge >= 0.3 is 5.97 Å². The number of aliphatic hydroxyl groups excluding tert-OH is 1. The van der Waals surface area contributed by atoms with Crippen molar-refractivity contribution in [1.82, 2.24) is 5.43 Å². The Morgan fingerprint density at radius 3 is 2.62 bits per heavy atom. The zero-order chi connectivity index (χ0) is 17.3. The lowest BCUT2D eigenvalue weighted by atomic mass is 9.95. The summed E-state index contributed by atoms with van der Waals surface area (Å²) in [5.74, 6) is -0.846. The molecule has 2 unspecified atom stereocenters. The third-order valence-corrected chi connectivity index (χ3v) is 4.12. The molecule has 1 aliphatic carbocycles. The summed E-state index contributed by atoms with van der Waals surface area (Å²) in [6.45, 7) is 1.90. The average molecular weight is 326 g/mol. The van der Waals surface area contributed by atoms with E-state index in [-0.39, 0.29) is 29.2 Å². The molecule has 0 bridgehead atoms. The Labute approximate surface area is 139 Å². The minimum Gasteiger partial charge on any atom is -0.508 e. The fourth-order valence-corrected chi connectivity index (χ4v) is 2.78. The number of carbonyl (C=O) groups is 2. The largest absolute Gasteiger partial charge is 0.508 e. The van der Waals surface area contributed by atoms with E-state index in [4.69, 9.17) is 5.11 Å². The number of carboxylic acids is 1. The van der Waals surface area contributed by atoms with Crippen molar-refractivity contribution in [3.8, 4) is 0 Å². The molecule has 1 heterocycles. The number of rotatable bonds is 3. The predicted octanol–water partition coefficient (Wildman–Crippen LogP) is 2.57. The fourth-order valence-electron chi connectivity index (χ4n) is 2.78. The highest BCUT2D eigenvalue weighted by molar-refractivity contribution is 6.08. The summed E-state index contributed by atoms with van der Waals surface area (Å²) in [7, 11) is 0. The predicted molar refractivity (Wildman–Crippen MR) is 89.5 cm³/mol. The van der Waals surface area contributed by atoms with Gasteiger partial charge in [-0.15, -0.1) is 0 Å². The van der Waals surface area contributed by atoms with Gasteiger partial charge in [-0.05, 0) is 55.7 Å². The van der Waals surface area contributed by atoms with E-state index >= 15 is 0 Å². The SMILES string of the molecule is CC1NN(c2ccc(C(=O)O)cc2)C(=O)/C1=C\C1C=CC(O)=CC1. The van der Waals surface area contributed by atoms with Gasteiger partial charge < -0.3 is 10.2 Å². The van der Waals surface area contributed by atoms with Gasteiger partial charge in [0.25, 0.3) is 5.91 Å². The van der Waals surface area contributed by atoms with E-state index in [1.54, 1.807) is 24.3 Å². The number of allylic oxidation sites excluding steroid dienone is 4. The van der Waals surface area contributed by atoms with Gasteiger partial charge in [-0.1, -0.05) is 12.2 Å². The minimum atomic E-state index is -1.00. The van der Waals surface area contributed by atoms with Crippen molar-refractivity contribution in [3.05, 3.63) is 65.5 Å². The molecule has 1 aromatic carbocycles. The third-order valence-electron chi connectivity index (χ3n) is 4.12. The maximum absolute atomic E-state index is 12.7. The molecule has 3 rings (SSSR count). The smallest absolute Gasteiger partial charge is 0.335 e. The Hall–Kier alpha value is -2.86. The number of carboxylic acid groups (broad SMARTS) is 1. The van der Waals surface area contributed by atoms with Gasteiger partial charge in [0, 0.05) is 5.57 Å². The summed E-state index contributed by atoms with van der Waals surface area (Å²) in [5, 5.41) is 19.7. The van der Waals surface area contributed by atoms with Gasteiger partial charge in [0.2, 0.25) is 0 Å². The highest BCUT2D eigenvalue weighted by Crippen LogP contribution is 2.26. The number of hydrogen-bond donors (Lipinski definition) is 3. The second-order valence-electron chi connectivity index (χ2n) is 5.85. The van der Waals surface area contributed by atoms with Crippen LogP contribution in [-0.4, -0.2) is 28.1 Å². The third kappa shape index (κ3) is 3.09. The van der Waals surface area contributed by atoms with Crippen LogP contribution < -0.4 is 10.4 Å². The maximum Gasteiger partial charge on any atom is 0.335 e. The molecule has 2 aliphatic rings. The Balaban J connectivity index is 1.80. The van der Waals surface area contributed by atoms with Crippen LogP contribution in [0.2, 0.25) is 0 Å². The van der Waals surface area contributed by atoms with E-state index in [1.165, 1.54) is 17.1 Å². The number of aliphatic hydroxyl groups is 1. The summed E-state index contributed by atoms with van der Waals surface area (Å²) in [5.41, 5.74) is 4.52. The molecular weight excluding hydrogens is 308 g/mol. The molecule has 124 valence electrons. The summed E-state index contributed by atoms with van der Waals surface area (Å²) in [6.07, 6.45) is 7.78. The number of aromatic carboxylic acids is 1. The van der Waals surface area contributed by atoms with Crippen LogP contribution in [-0.2, 0) is 4.79 Å². The van der Waals surface area contributed by atoms with Crippen LogP contribution >= 0.6 is 0 Å². The highest BCUT2D eigenvalue weighted by atomic mass is 16.4. The molecule has 1 fully saturated rings. The van der Waals surface area contributed by atoms with E-state index in [0.717, 1.165) is 0 Å². The molecule has 1 aromatic rings. The Morgan fingerprint density at radius 2 is 2.04 bits per heavy atom. The second kappa shape index (κ2) is 6.33. The number of amides is 1. The van der Waals surface area contributed by atoms with Crippen molar-refractivity contribution >= 4 is 17.6 Å². The summed E-state index contributed by atoms with van der Waals surface area (Å²) in [6, 6.07) is 5.99. The average Bonchev–Trinajstić information content (AvgIpc) is 2.85. The molecule has 6 heteroatoms.